The summed E-state index contributed by atoms with van der Waals surface area (Å²) in [6, 6.07) is -0.564. The zero-order chi connectivity index (χ0) is 20.6. The quantitative estimate of drug-likeness (QED) is 0.747. The molecule has 7 nitrogen and oxygen atoms in total. The van der Waals surface area contributed by atoms with E-state index in [1.165, 1.54) is 6.07 Å². The van der Waals surface area contributed by atoms with Gasteiger partial charge in [0.25, 0.3) is 5.91 Å². The Balaban J connectivity index is 1.39. The van der Waals surface area contributed by atoms with Crippen LogP contribution >= 0.6 is 0 Å². The molecule has 1 saturated heterocycles. The van der Waals surface area contributed by atoms with E-state index >= 15 is 0 Å². The van der Waals surface area contributed by atoms with Crippen LogP contribution in [0.15, 0.2) is 6.07 Å². The number of amides is 1. The van der Waals surface area contributed by atoms with Gasteiger partial charge in [0.15, 0.2) is 11.7 Å². The van der Waals surface area contributed by atoms with Crippen molar-refractivity contribution in [1.82, 2.24) is 20.0 Å². The fraction of sp³-hybridized carbons (Fsp3) is 0.789. The lowest BCUT2D eigenvalue weighted by atomic mass is 10.0. The largest absolute Gasteiger partial charge is 0.410 e. The summed E-state index contributed by atoms with van der Waals surface area (Å²) in [5.74, 6) is 0.120. The van der Waals surface area contributed by atoms with Gasteiger partial charge in [0, 0.05) is 37.8 Å². The number of hydrogen-bond donors (Lipinski definition) is 2. The Morgan fingerprint density at radius 3 is 2.76 bits per heavy atom. The highest BCUT2D eigenvalue weighted by atomic mass is 19.4. The maximum absolute atomic E-state index is 13.6. The summed E-state index contributed by atoms with van der Waals surface area (Å²) in [6.45, 7) is 5.92. The molecule has 10 heteroatoms. The highest BCUT2D eigenvalue weighted by Gasteiger charge is 2.49. The zero-order valence-electron chi connectivity index (χ0n) is 16.5. The van der Waals surface area contributed by atoms with Crippen LogP contribution in [0.1, 0.15) is 49.1 Å². The van der Waals surface area contributed by atoms with Gasteiger partial charge < -0.3 is 15.4 Å². The minimum Gasteiger partial charge on any atom is -0.379 e. The first kappa shape index (κ1) is 20.5. The van der Waals surface area contributed by atoms with Crippen LogP contribution in [0.5, 0.6) is 0 Å². The third-order valence-corrected chi connectivity index (χ3v) is 6.00. The van der Waals surface area contributed by atoms with Crippen molar-refractivity contribution in [2.45, 2.75) is 56.9 Å². The van der Waals surface area contributed by atoms with Crippen LogP contribution in [-0.4, -0.2) is 71.7 Å². The molecule has 1 unspecified atom stereocenters. The molecule has 4 rings (SSSR count). The molecule has 0 aromatic carbocycles. The van der Waals surface area contributed by atoms with Gasteiger partial charge in [-0.1, -0.05) is 0 Å². The molecule has 1 aromatic heterocycles. The second-order valence-electron chi connectivity index (χ2n) is 8.36. The van der Waals surface area contributed by atoms with Crippen LogP contribution < -0.4 is 10.6 Å². The zero-order valence-corrected chi connectivity index (χ0v) is 16.5. The summed E-state index contributed by atoms with van der Waals surface area (Å²) in [6.07, 6.45) is -1.78. The van der Waals surface area contributed by atoms with Gasteiger partial charge in [0.2, 0.25) is 0 Å². The van der Waals surface area contributed by atoms with Crippen molar-refractivity contribution in [3.8, 4) is 0 Å². The van der Waals surface area contributed by atoms with Crippen molar-refractivity contribution >= 4 is 11.7 Å². The van der Waals surface area contributed by atoms with Crippen LogP contribution in [0.2, 0.25) is 0 Å². The fourth-order valence-electron chi connectivity index (χ4n) is 4.09. The summed E-state index contributed by atoms with van der Waals surface area (Å²) < 4.78 is 47.0. The summed E-state index contributed by atoms with van der Waals surface area (Å²) in [4.78, 5) is 14.9. The Morgan fingerprint density at radius 1 is 1.38 bits per heavy atom. The molecule has 0 bridgehead atoms. The van der Waals surface area contributed by atoms with Crippen LogP contribution in [0.3, 0.4) is 0 Å². The average Bonchev–Trinajstić information content (AvgIpc) is 3.44. The molecular formula is C19H28F3N5O2. The number of nitrogens with zero attached hydrogens (tertiary/aromatic N) is 3. The van der Waals surface area contributed by atoms with E-state index in [-0.39, 0.29) is 35.9 Å². The number of alkyl halides is 3. The van der Waals surface area contributed by atoms with Gasteiger partial charge in [-0.2, -0.15) is 18.3 Å². The molecule has 2 N–H and O–H groups in total. The Bertz CT molecular complexity index is 728. The van der Waals surface area contributed by atoms with Gasteiger partial charge in [-0.25, -0.2) is 4.68 Å². The van der Waals surface area contributed by atoms with Gasteiger partial charge in [0.1, 0.15) is 5.82 Å². The van der Waals surface area contributed by atoms with Crippen LogP contribution in [0.4, 0.5) is 19.0 Å². The number of anilines is 1. The normalized spacial score (nSPS) is 26.5. The summed E-state index contributed by atoms with van der Waals surface area (Å²) in [7, 11) is 0. The second-order valence-corrected chi connectivity index (χ2v) is 8.36. The van der Waals surface area contributed by atoms with E-state index in [9.17, 15) is 18.0 Å². The van der Waals surface area contributed by atoms with Crippen molar-refractivity contribution in [1.29, 1.82) is 0 Å². The SMILES string of the molecule is CC(CCN1CCOCC1)NC(=O)c1cc2n(n1)[C@@H](C(F)(F)F)C[C@@H](C1CC1)N2. The lowest BCUT2D eigenvalue weighted by Gasteiger charge is -2.33. The first-order chi connectivity index (χ1) is 13.8. The number of carbonyl (C=O) groups is 1. The summed E-state index contributed by atoms with van der Waals surface area (Å²) in [5.41, 5.74) is 0.0245. The Morgan fingerprint density at radius 2 is 2.10 bits per heavy atom. The average molecular weight is 415 g/mol. The molecule has 29 heavy (non-hydrogen) atoms. The van der Waals surface area contributed by atoms with Crippen molar-refractivity contribution < 1.29 is 22.7 Å². The lowest BCUT2D eigenvalue weighted by Crippen LogP contribution is -2.41. The molecule has 3 atom stereocenters. The van der Waals surface area contributed by atoms with Crippen molar-refractivity contribution in [3.63, 3.8) is 0 Å². The topological polar surface area (TPSA) is 71.4 Å². The highest BCUT2D eigenvalue weighted by molar-refractivity contribution is 5.93. The van der Waals surface area contributed by atoms with E-state index in [1.807, 2.05) is 6.92 Å². The molecular weight excluding hydrogens is 387 g/mol. The number of halogens is 3. The van der Waals surface area contributed by atoms with E-state index in [0.717, 1.165) is 56.8 Å². The van der Waals surface area contributed by atoms with Crippen molar-refractivity contribution in [3.05, 3.63) is 11.8 Å². The molecule has 1 aliphatic carbocycles. The molecule has 162 valence electrons. The van der Waals surface area contributed by atoms with Gasteiger partial charge in [-0.05, 0) is 38.5 Å². The number of ether oxygens (including phenoxy) is 1. The van der Waals surface area contributed by atoms with Gasteiger partial charge in [-0.3, -0.25) is 9.69 Å². The lowest BCUT2D eigenvalue weighted by molar-refractivity contribution is -0.174. The smallest absolute Gasteiger partial charge is 0.379 e. The number of rotatable bonds is 6. The second kappa shape index (κ2) is 8.14. The van der Waals surface area contributed by atoms with E-state index in [0.29, 0.717) is 0 Å². The van der Waals surface area contributed by atoms with Gasteiger partial charge >= 0.3 is 6.18 Å². The summed E-state index contributed by atoms with van der Waals surface area (Å²) >= 11 is 0. The summed E-state index contributed by atoms with van der Waals surface area (Å²) in [5, 5.41) is 10.0. The molecule has 2 aliphatic heterocycles. The van der Waals surface area contributed by atoms with Crippen molar-refractivity contribution in [2.75, 3.05) is 38.2 Å². The van der Waals surface area contributed by atoms with Gasteiger partial charge in [-0.15, -0.1) is 0 Å². The monoisotopic (exact) mass is 415 g/mol. The fourth-order valence-corrected chi connectivity index (χ4v) is 4.09. The number of aromatic nitrogens is 2. The van der Waals surface area contributed by atoms with Crippen LogP contribution in [0, 0.1) is 5.92 Å². The minimum atomic E-state index is -4.39. The van der Waals surface area contributed by atoms with Crippen LogP contribution in [-0.2, 0) is 4.74 Å². The minimum absolute atomic E-state index is 0.0245. The standard InChI is InChI=1S/C19H28F3N5O2/c1-12(4-5-26-6-8-29-9-7-26)23-18(28)15-11-17-24-14(13-2-3-13)10-16(19(20,21)22)27(17)25-15/h11-14,16,24H,2-10H2,1H3,(H,23,28)/t12?,14-,16+/m0/s1. The molecule has 2 fully saturated rings. The maximum atomic E-state index is 13.6. The number of carbonyl (C=O) groups excluding carboxylic acids is 1. The molecule has 1 saturated carbocycles. The third kappa shape index (κ3) is 4.85. The molecule has 0 radical (unpaired) electrons. The predicted molar refractivity (Wildman–Crippen MR) is 101 cm³/mol. The highest BCUT2D eigenvalue weighted by Crippen LogP contribution is 2.45. The Kier molecular flexibility index (Phi) is 5.74. The molecule has 1 amide bonds. The molecule has 1 aromatic rings. The Hall–Kier alpha value is -1.81. The van der Waals surface area contributed by atoms with E-state index in [4.69, 9.17) is 4.74 Å². The number of fused-ring (bicyclic) bond motifs is 1. The number of nitrogens with one attached hydrogen (secondary N) is 2. The van der Waals surface area contributed by atoms with E-state index in [1.54, 1.807) is 0 Å². The molecule has 3 aliphatic rings. The first-order valence-electron chi connectivity index (χ1n) is 10.3. The maximum Gasteiger partial charge on any atom is 0.410 e. The Labute approximate surface area is 167 Å². The molecule has 0 spiro atoms. The van der Waals surface area contributed by atoms with Crippen LogP contribution in [0.25, 0.3) is 0 Å². The molecule has 3 heterocycles. The van der Waals surface area contributed by atoms with E-state index < -0.39 is 18.1 Å². The third-order valence-electron chi connectivity index (χ3n) is 6.00. The number of hydrogen-bond acceptors (Lipinski definition) is 5. The first-order valence-corrected chi connectivity index (χ1v) is 10.3. The number of morpholine rings is 1. The van der Waals surface area contributed by atoms with E-state index in [2.05, 4.69) is 20.6 Å². The predicted octanol–water partition coefficient (Wildman–Crippen LogP) is 2.42. The van der Waals surface area contributed by atoms with Crippen molar-refractivity contribution in [2.24, 2.45) is 5.92 Å². The van der Waals surface area contributed by atoms with Gasteiger partial charge in [0.05, 0.1) is 13.2 Å².